The van der Waals surface area contributed by atoms with E-state index in [0.29, 0.717) is 5.69 Å². The van der Waals surface area contributed by atoms with Gasteiger partial charge in [-0.3, -0.25) is 0 Å². The fourth-order valence-electron chi connectivity index (χ4n) is 2.76. The highest BCUT2D eigenvalue weighted by molar-refractivity contribution is 7.16. The van der Waals surface area contributed by atoms with E-state index in [1.54, 1.807) is 15.9 Å². The van der Waals surface area contributed by atoms with E-state index in [-0.39, 0.29) is 0 Å². The number of aryl methyl sites for hydroxylation is 4. The van der Waals surface area contributed by atoms with Crippen molar-refractivity contribution in [3.8, 4) is 17.3 Å². The quantitative estimate of drug-likeness (QED) is 0.722. The van der Waals surface area contributed by atoms with Crippen LogP contribution in [0.4, 0.5) is 0 Å². The zero-order valence-corrected chi connectivity index (χ0v) is 13.4. The van der Waals surface area contributed by atoms with E-state index < -0.39 is 0 Å². The van der Waals surface area contributed by atoms with Crippen molar-refractivity contribution in [1.29, 1.82) is 5.26 Å². The number of rotatable bonds is 2. The summed E-state index contributed by atoms with van der Waals surface area (Å²) in [5, 5.41) is 15.0. The summed E-state index contributed by atoms with van der Waals surface area (Å²) in [5.41, 5.74) is 5.83. The van der Waals surface area contributed by atoms with E-state index in [9.17, 15) is 5.26 Å². The number of aromatic nitrogens is 3. The highest BCUT2D eigenvalue weighted by Gasteiger charge is 2.20. The van der Waals surface area contributed by atoms with Crippen LogP contribution in [-0.4, -0.2) is 14.6 Å². The number of nitrogens with zero attached hydrogens (tertiary/aromatic N) is 4. The Morgan fingerprint density at radius 3 is 2.48 bits per heavy atom. The number of imidazole rings is 1. The van der Waals surface area contributed by atoms with E-state index in [2.05, 4.69) is 56.0 Å². The minimum absolute atomic E-state index is 0.524. The third-order valence-electron chi connectivity index (χ3n) is 3.57. The number of fused-ring (bicyclic) bond motifs is 1. The van der Waals surface area contributed by atoms with Crippen molar-refractivity contribution < 1.29 is 0 Å². The first-order chi connectivity index (χ1) is 10.0. The lowest BCUT2D eigenvalue weighted by atomic mass is 9.96. The van der Waals surface area contributed by atoms with Crippen LogP contribution in [0, 0.1) is 32.1 Å². The summed E-state index contributed by atoms with van der Waals surface area (Å²) in [5.74, 6) is 0. The lowest BCUT2D eigenvalue weighted by molar-refractivity contribution is 0.899. The van der Waals surface area contributed by atoms with Gasteiger partial charge in [-0.1, -0.05) is 36.0 Å². The Balaban J connectivity index is 2.31. The summed E-state index contributed by atoms with van der Waals surface area (Å²) in [6.07, 6.45) is 0.858. The minimum atomic E-state index is 0.524. The topological polar surface area (TPSA) is 54.0 Å². The third-order valence-corrected chi connectivity index (χ3v) is 4.62. The lowest BCUT2D eigenvalue weighted by Crippen LogP contribution is -1.95. The van der Waals surface area contributed by atoms with Crippen molar-refractivity contribution in [3.05, 3.63) is 39.5 Å². The lowest BCUT2D eigenvalue weighted by Gasteiger charge is -2.09. The van der Waals surface area contributed by atoms with Crippen LogP contribution in [0.25, 0.3) is 16.2 Å². The molecule has 0 N–H and O–H groups in total. The van der Waals surface area contributed by atoms with Crippen LogP contribution in [0.2, 0.25) is 0 Å². The number of hydrogen-bond donors (Lipinski definition) is 0. The molecule has 1 aromatic carbocycles. The first kappa shape index (κ1) is 13.8. The van der Waals surface area contributed by atoms with Crippen molar-refractivity contribution >= 4 is 16.3 Å². The van der Waals surface area contributed by atoms with Gasteiger partial charge in [-0.2, -0.15) is 14.9 Å². The van der Waals surface area contributed by atoms with Crippen molar-refractivity contribution in [3.63, 3.8) is 0 Å². The molecule has 0 saturated heterocycles. The monoisotopic (exact) mass is 296 g/mol. The Bertz CT molecular complexity index is 857. The van der Waals surface area contributed by atoms with Gasteiger partial charge in [0.25, 0.3) is 0 Å². The minimum Gasteiger partial charge on any atom is -0.216 e. The molecule has 2 heterocycles. The molecule has 0 unspecified atom stereocenters. The fourth-order valence-corrected chi connectivity index (χ4v) is 3.59. The highest BCUT2D eigenvalue weighted by atomic mass is 32.1. The maximum atomic E-state index is 9.54. The van der Waals surface area contributed by atoms with Crippen LogP contribution >= 0.6 is 11.3 Å². The molecule has 0 atom stereocenters. The summed E-state index contributed by atoms with van der Waals surface area (Å²) in [6, 6.07) is 6.52. The Morgan fingerprint density at radius 1 is 1.24 bits per heavy atom. The van der Waals surface area contributed by atoms with Crippen LogP contribution in [0.5, 0.6) is 0 Å². The van der Waals surface area contributed by atoms with E-state index in [0.717, 1.165) is 38.8 Å². The van der Waals surface area contributed by atoms with E-state index in [1.165, 1.54) is 5.56 Å². The van der Waals surface area contributed by atoms with Crippen molar-refractivity contribution in [2.45, 2.75) is 34.1 Å². The van der Waals surface area contributed by atoms with Crippen LogP contribution in [0.3, 0.4) is 0 Å². The Labute approximate surface area is 127 Å². The van der Waals surface area contributed by atoms with E-state index >= 15 is 0 Å². The number of benzene rings is 1. The average molecular weight is 296 g/mol. The summed E-state index contributed by atoms with van der Waals surface area (Å²) in [4.78, 5) is 5.46. The highest BCUT2D eigenvalue weighted by Crippen LogP contribution is 2.32. The summed E-state index contributed by atoms with van der Waals surface area (Å²) >= 11 is 1.55. The molecular formula is C16H16N4S. The summed E-state index contributed by atoms with van der Waals surface area (Å²) in [7, 11) is 0. The molecule has 0 radical (unpaired) electrons. The van der Waals surface area contributed by atoms with Crippen LogP contribution < -0.4 is 0 Å². The second-order valence-electron chi connectivity index (χ2n) is 5.24. The zero-order valence-electron chi connectivity index (χ0n) is 12.6. The van der Waals surface area contributed by atoms with E-state index in [4.69, 9.17) is 0 Å². The second kappa shape index (κ2) is 4.97. The fraction of sp³-hybridized carbons (Fsp3) is 0.312. The third kappa shape index (κ3) is 2.12. The molecule has 21 heavy (non-hydrogen) atoms. The molecule has 2 aromatic heterocycles. The second-order valence-corrected chi connectivity index (χ2v) is 6.28. The molecule has 0 aliphatic heterocycles. The molecule has 0 bridgehead atoms. The zero-order chi connectivity index (χ0) is 15.1. The van der Waals surface area contributed by atoms with Gasteiger partial charge in [-0.05, 0) is 38.3 Å². The molecule has 3 aromatic rings. The molecule has 0 amide bonds. The molecule has 3 rings (SSSR count). The smallest absolute Gasteiger partial charge is 0.214 e. The van der Waals surface area contributed by atoms with Crippen LogP contribution in [-0.2, 0) is 6.42 Å². The van der Waals surface area contributed by atoms with Crippen molar-refractivity contribution in [2.75, 3.05) is 0 Å². The Hall–Kier alpha value is -2.19. The van der Waals surface area contributed by atoms with Gasteiger partial charge in [0.2, 0.25) is 4.96 Å². The molecule has 5 heteroatoms. The normalized spacial score (nSPS) is 11.0. The predicted octanol–water partition coefficient (Wildman–Crippen LogP) is 3.82. The largest absolute Gasteiger partial charge is 0.216 e. The Kier molecular flexibility index (Phi) is 3.26. The molecule has 0 saturated carbocycles. The average Bonchev–Trinajstić information content (AvgIpc) is 2.94. The molecule has 4 nitrogen and oxygen atoms in total. The van der Waals surface area contributed by atoms with Gasteiger partial charge >= 0.3 is 0 Å². The maximum absolute atomic E-state index is 9.54. The summed E-state index contributed by atoms with van der Waals surface area (Å²) in [6.45, 7) is 8.26. The maximum Gasteiger partial charge on any atom is 0.214 e. The van der Waals surface area contributed by atoms with Gasteiger partial charge < -0.3 is 0 Å². The van der Waals surface area contributed by atoms with E-state index in [1.807, 2.05) is 0 Å². The first-order valence-electron chi connectivity index (χ1n) is 6.92. The molecule has 0 fully saturated rings. The SMILES string of the molecule is CCc1nn2c(C#N)c(-c3c(C)cc(C)cc3C)nc2s1. The van der Waals surface area contributed by atoms with Crippen molar-refractivity contribution in [2.24, 2.45) is 0 Å². The van der Waals surface area contributed by atoms with Gasteiger partial charge in [-0.15, -0.1) is 0 Å². The van der Waals surface area contributed by atoms with Gasteiger partial charge in [-0.25, -0.2) is 4.98 Å². The van der Waals surface area contributed by atoms with Gasteiger partial charge in [0.15, 0.2) is 5.69 Å². The number of nitriles is 1. The molecular weight excluding hydrogens is 280 g/mol. The van der Waals surface area contributed by atoms with Crippen LogP contribution in [0.15, 0.2) is 12.1 Å². The predicted molar refractivity (Wildman–Crippen MR) is 84.6 cm³/mol. The molecule has 0 aliphatic carbocycles. The Morgan fingerprint density at radius 2 is 1.90 bits per heavy atom. The number of hydrogen-bond acceptors (Lipinski definition) is 4. The molecule has 0 spiro atoms. The molecule has 0 aliphatic rings. The van der Waals surface area contributed by atoms with Crippen molar-refractivity contribution in [1.82, 2.24) is 14.6 Å². The standard InChI is InChI=1S/C16H16N4S/c1-5-13-19-20-12(8-17)15(18-16(20)21-13)14-10(3)6-9(2)7-11(14)4/h6-7H,5H2,1-4H3. The summed E-state index contributed by atoms with van der Waals surface area (Å²) < 4.78 is 1.68. The first-order valence-corrected chi connectivity index (χ1v) is 7.73. The van der Waals surface area contributed by atoms with Gasteiger partial charge in [0.1, 0.15) is 16.8 Å². The van der Waals surface area contributed by atoms with Gasteiger partial charge in [0.05, 0.1) is 0 Å². The van der Waals surface area contributed by atoms with Gasteiger partial charge in [0, 0.05) is 5.56 Å². The molecule has 106 valence electrons. The van der Waals surface area contributed by atoms with Crippen LogP contribution in [0.1, 0.15) is 34.3 Å².